The molecule has 1 fully saturated rings. The zero-order valence-corrected chi connectivity index (χ0v) is 15.5. The smallest absolute Gasteiger partial charge is 0.193 e. The van der Waals surface area contributed by atoms with Gasteiger partial charge in [-0.1, -0.05) is 32.4 Å². The summed E-state index contributed by atoms with van der Waals surface area (Å²) >= 11 is 6.42. The Morgan fingerprint density at radius 1 is 1.38 bits per heavy atom. The van der Waals surface area contributed by atoms with Crippen LogP contribution in [0.5, 0.6) is 0 Å². The van der Waals surface area contributed by atoms with Crippen molar-refractivity contribution in [3.05, 3.63) is 28.5 Å². The fourth-order valence-electron chi connectivity index (χ4n) is 2.18. The molecule has 1 aliphatic rings. The van der Waals surface area contributed by atoms with E-state index in [2.05, 4.69) is 38.8 Å². The molecule has 1 aromatic heterocycles. The molecule has 0 radical (unpaired) electrons. The quantitative estimate of drug-likeness (QED) is 0.581. The molecule has 116 valence electrons. The largest absolute Gasteiger partial charge is 0.406 e. The predicted molar refractivity (Wildman–Crippen MR) is 88.4 cm³/mol. The number of pyridine rings is 1. The molecule has 0 spiro atoms. The van der Waals surface area contributed by atoms with Gasteiger partial charge in [0.05, 0.1) is 10.7 Å². The van der Waals surface area contributed by atoms with Crippen molar-refractivity contribution in [1.82, 2.24) is 4.98 Å². The van der Waals surface area contributed by atoms with E-state index in [0.29, 0.717) is 10.6 Å². The summed E-state index contributed by atoms with van der Waals surface area (Å²) in [7, 11) is -1.91. The Labute approximate surface area is 133 Å². The molecule has 0 unspecified atom stereocenters. The summed E-state index contributed by atoms with van der Waals surface area (Å²) in [5.74, 6) is -0.0354. The third-order valence-electron chi connectivity index (χ3n) is 4.66. The molecule has 21 heavy (non-hydrogen) atoms. The van der Waals surface area contributed by atoms with Gasteiger partial charge in [-0.3, -0.25) is 9.78 Å². The van der Waals surface area contributed by atoms with Gasteiger partial charge in [-0.05, 0) is 44.0 Å². The second-order valence-electron chi connectivity index (χ2n) is 7.43. The molecular weight excluding hydrogens is 302 g/mol. The first-order valence-electron chi connectivity index (χ1n) is 7.36. The lowest BCUT2D eigenvalue weighted by Crippen LogP contribution is -2.44. The minimum atomic E-state index is -1.91. The number of halogens is 1. The van der Waals surface area contributed by atoms with Crippen LogP contribution in [0.15, 0.2) is 12.3 Å². The predicted octanol–water partition coefficient (Wildman–Crippen LogP) is 4.95. The Hall–Kier alpha value is -0.713. The van der Waals surface area contributed by atoms with Crippen LogP contribution in [0.1, 0.15) is 56.6 Å². The number of rotatable bonds is 4. The first-order chi connectivity index (χ1) is 9.50. The summed E-state index contributed by atoms with van der Waals surface area (Å²) in [6, 6.07) is 1.68. The van der Waals surface area contributed by atoms with Crippen LogP contribution >= 0.6 is 11.6 Å². The highest BCUT2D eigenvalue weighted by Crippen LogP contribution is 2.55. The Kier molecular flexibility index (Phi) is 4.11. The molecule has 1 heterocycles. The second-order valence-corrected chi connectivity index (χ2v) is 12.5. The third kappa shape index (κ3) is 3.08. The minimum Gasteiger partial charge on any atom is -0.406 e. The summed E-state index contributed by atoms with van der Waals surface area (Å²) in [5.41, 5.74) is 0.888. The van der Waals surface area contributed by atoms with Crippen molar-refractivity contribution in [3.63, 3.8) is 0 Å². The molecule has 0 atom stereocenters. The number of aromatic nitrogens is 1. The molecule has 3 nitrogen and oxygen atoms in total. The van der Waals surface area contributed by atoms with Crippen LogP contribution < -0.4 is 0 Å². The average Bonchev–Trinajstić information content (AvgIpc) is 3.07. The van der Waals surface area contributed by atoms with E-state index in [4.69, 9.17) is 16.0 Å². The average molecular weight is 326 g/mol. The molecule has 0 aliphatic heterocycles. The van der Waals surface area contributed by atoms with Crippen molar-refractivity contribution in [2.75, 3.05) is 0 Å². The van der Waals surface area contributed by atoms with Gasteiger partial charge in [0, 0.05) is 11.8 Å². The standard InChI is InChI=1S/C16H24ClNO2Si/c1-11(19)12-7-10-18-14(13(12)17)16(8-9-16)20-21(5,6)15(2,3)4/h7,10H,8-9H2,1-6H3. The molecule has 0 N–H and O–H groups in total. The van der Waals surface area contributed by atoms with Crippen molar-refractivity contribution in [3.8, 4) is 0 Å². The molecule has 0 amide bonds. The van der Waals surface area contributed by atoms with E-state index >= 15 is 0 Å². The van der Waals surface area contributed by atoms with Gasteiger partial charge in [0.15, 0.2) is 14.1 Å². The Balaban J connectivity index is 2.39. The van der Waals surface area contributed by atoms with Gasteiger partial charge in [0.1, 0.15) is 5.60 Å². The van der Waals surface area contributed by atoms with Crippen LogP contribution in [0.3, 0.4) is 0 Å². The van der Waals surface area contributed by atoms with E-state index in [1.54, 1.807) is 12.3 Å². The highest BCUT2D eigenvalue weighted by molar-refractivity contribution is 6.74. The van der Waals surface area contributed by atoms with E-state index in [0.717, 1.165) is 18.5 Å². The van der Waals surface area contributed by atoms with E-state index < -0.39 is 8.32 Å². The molecular formula is C16H24ClNO2Si. The van der Waals surface area contributed by atoms with Gasteiger partial charge in [-0.25, -0.2) is 0 Å². The van der Waals surface area contributed by atoms with Crippen molar-refractivity contribution in [1.29, 1.82) is 0 Å². The topological polar surface area (TPSA) is 39.2 Å². The molecule has 0 aromatic carbocycles. The van der Waals surface area contributed by atoms with Gasteiger partial charge >= 0.3 is 0 Å². The normalized spacial score (nSPS) is 17.7. The first kappa shape index (κ1) is 16.7. The van der Waals surface area contributed by atoms with Gasteiger partial charge in [0.25, 0.3) is 0 Å². The fourth-order valence-corrected chi connectivity index (χ4v) is 4.18. The maximum atomic E-state index is 11.7. The molecule has 2 rings (SSSR count). The Bertz CT molecular complexity index is 574. The van der Waals surface area contributed by atoms with E-state index in [-0.39, 0.29) is 16.4 Å². The van der Waals surface area contributed by atoms with Crippen molar-refractivity contribution in [2.45, 2.75) is 64.3 Å². The van der Waals surface area contributed by atoms with Crippen LogP contribution in [0, 0.1) is 0 Å². The Morgan fingerprint density at radius 3 is 2.38 bits per heavy atom. The maximum Gasteiger partial charge on any atom is 0.193 e. The lowest BCUT2D eigenvalue weighted by atomic mass is 10.1. The zero-order chi connectivity index (χ0) is 16.1. The zero-order valence-electron chi connectivity index (χ0n) is 13.7. The maximum absolute atomic E-state index is 11.7. The minimum absolute atomic E-state index is 0.0354. The molecule has 1 aromatic rings. The number of hydrogen-bond donors (Lipinski definition) is 0. The Morgan fingerprint density at radius 2 is 1.95 bits per heavy atom. The van der Waals surface area contributed by atoms with Gasteiger partial charge in [-0.2, -0.15) is 0 Å². The molecule has 0 saturated heterocycles. The van der Waals surface area contributed by atoms with Gasteiger partial charge in [0.2, 0.25) is 0 Å². The number of carbonyl (C=O) groups is 1. The second kappa shape index (κ2) is 5.18. The third-order valence-corrected chi connectivity index (χ3v) is 9.56. The van der Waals surface area contributed by atoms with Gasteiger partial charge < -0.3 is 4.43 Å². The van der Waals surface area contributed by atoms with Crippen LogP contribution in [0.25, 0.3) is 0 Å². The lowest BCUT2D eigenvalue weighted by molar-refractivity contribution is 0.101. The molecule has 5 heteroatoms. The number of nitrogens with zero attached hydrogens (tertiary/aromatic N) is 1. The molecule has 0 bridgehead atoms. The van der Waals surface area contributed by atoms with E-state index in [9.17, 15) is 4.79 Å². The first-order valence-corrected chi connectivity index (χ1v) is 10.6. The van der Waals surface area contributed by atoms with E-state index in [1.165, 1.54) is 6.92 Å². The lowest BCUT2D eigenvalue weighted by Gasteiger charge is -2.39. The summed E-state index contributed by atoms with van der Waals surface area (Å²) in [5, 5.41) is 0.592. The van der Waals surface area contributed by atoms with Crippen LogP contribution in [-0.4, -0.2) is 19.1 Å². The van der Waals surface area contributed by atoms with Crippen molar-refractivity contribution in [2.24, 2.45) is 0 Å². The SMILES string of the molecule is CC(=O)c1ccnc(C2(O[Si](C)(C)C(C)(C)C)CC2)c1Cl. The van der Waals surface area contributed by atoms with E-state index in [1.807, 2.05) is 0 Å². The van der Waals surface area contributed by atoms with Crippen LogP contribution in [-0.2, 0) is 10.0 Å². The fraction of sp³-hybridized carbons (Fsp3) is 0.625. The van der Waals surface area contributed by atoms with Crippen molar-refractivity contribution < 1.29 is 9.22 Å². The van der Waals surface area contributed by atoms with Crippen LogP contribution in [0.2, 0.25) is 23.2 Å². The number of hydrogen-bond acceptors (Lipinski definition) is 3. The number of ketones is 1. The van der Waals surface area contributed by atoms with Gasteiger partial charge in [-0.15, -0.1) is 0 Å². The molecule has 1 saturated carbocycles. The summed E-state index contributed by atoms with van der Waals surface area (Å²) < 4.78 is 6.58. The highest BCUT2D eigenvalue weighted by atomic mass is 35.5. The molecule has 1 aliphatic carbocycles. The summed E-state index contributed by atoms with van der Waals surface area (Å²) in [6.45, 7) is 12.6. The number of carbonyl (C=O) groups excluding carboxylic acids is 1. The number of Topliss-reactive ketones (excluding diaryl/α,β-unsaturated/α-hetero) is 1. The monoisotopic (exact) mass is 325 g/mol. The van der Waals surface area contributed by atoms with Crippen LogP contribution in [0.4, 0.5) is 0 Å². The highest BCUT2D eigenvalue weighted by Gasteiger charge is 2.54. The van der Waals surface area contributed by atoms with Crippen molar-refractivity contribution >= 4 is 25.7 Å². The summed E-state index contributed by atoms with van der Waals surface area (Å²) in [6.07, 6.45) is 3.51. The summed E-state index contributed by atoms with van der Waals surface area (Å²) in [4.78, 5) is 16.1.